The Morgan fingerprint density at radius 2 is 1.81 bits per heavy atom. The van der Waals surface area contributed by atoms with Gasteiger partial charge in [0.1, 0.15) is 0 Å². The third-order valence-corrected chi connectivity index (χ3v) is 7.30. The highest BCUT2D eigenvalue weighted by Crippen LogP contribution is 2.45. The Kier molecular flexibility index (Phi) is 8.38. The quantitative estimate of drug-likeness (QED) is 0.239. The number of nitrogens with zero attached hydrogens (tertiary/aromatic N) is 3. The molecule has 0 spiro atoms. The summed E-state index contributed by atoms with van der Waals surface area (Å²) in [5.41, 5.74) is 1.94. The van der Waals surface area contributed by atoms with Gasteiger partial charge in [-0.25, -0.2) is 4.90 Å². The van der Waals surface area contributed by atoms with Gasteiger partial charge in [-0.05, 0) is 35.4 Å². The van der Waals surface area contributed by atoms with E-state index in [1.165, 1.54) is 39.3 Å². The van der Waals surface area contributed by atoms with E-state index in [-0.39, 0.29) is 11.5 Å². The number of thioether (sulfide) groups is 1. The molecule has 10 heteroatoms. The van der Waals surface area contributed by atoms with Crippen molar-refractivity contribution in [2.45, 2.75) is 50.9 Å². The number of aromatic amines is 1. The fourth-order valence-electron chi connectivity index (χ4n) is 4.68. The molecule has 1 aromatic heterocycles. The molecular weight excluding hydrogens is 492 g/mol. The Morgan fingerprint density at radius 1 is 1.05 bits per heavy atom. The van der Waals surface area contributed by atoms with E-state index in [4.69, 9.17) is 19.3 Å². The Balaban J connectivity index is 1.94. The second-order valence-electron chi connectivity index (χ2n) is 8.66. The van der Waals surface area contributed by atoms with Crippen LogP contribution in [0.15, 0.2) is 46.3 Å². The predicted molar refractivity (Wildman–Crippen MR) is 143 cm³/mol. The lowest BCUT2D eigenvalue weighted by Crippen LogP contribution is -2.60. The van der Waals surface area contributed by atoms with Crippen molar-refractivity contribution in [1.29, 1.82) is 0 Å². The van der Waals surface area contributed by atoms with E-state index in [2.05, 4.69) is 11.9 Å². The lowest BCUT2D eigenvalue weighted by molar-refractivity contribution is -0.763. The molecule has 1 atom stereocenters. The third-order valence-electron chi connectivity index (χ3n) is 6.35. The van der Waals surface area contributed by atoms with Crippen LogP contribution in [0.4, 0.5) is 5.69 Å². The van der Waals surface area contributed by atoms with Crippen molar-refractivity contribution in [3.63, 3.8) is 0 Å². The molecule has 3 aromatic rings. The monoisotopic (exact) mass is 525 g/mol. The minimum atomic E-state index is -0.793. The summed E-state index contributed by atoms with van der Waals surface area (Å²) >= 11 is 1.50. The number of carbonyl (C=O) groups excluding carboxylic acids is 1. The number of carbonyl (C=O) groups is 1. The van der Waals surface area contributed by atoms with Crippen LogP contribution in [-0.2, 0) is 4.79 Å². The number of ether oxygens (including phenoxy) is 3. The van der Waals surface area contributed by atoms with Gasteiger partial charge in [0.2, 0.25) is 16.8 Å². The van der Waals surface area contributed by atoms with Crippen molar-refractivity contribution in [2.24, 2.45) is 0 Å². The Labute approximate surface area is 220 Å². The van der Waals surface area contributed by atoms with Crippen LogP contribution >= 0.6 is 11.8 Å². The Bertz CT molecular complexity index is 1340. The number of fused-ring (bicyclic) bond motifs is 3. The van der Waals surface area contributed by atoms with Crippen LogP contribution in [-0.4, -0.2) is 43.1 Å². The molecule has 1 aliphatic rings. The number of amides is 1. The van der Waals surface area contributed by atoms with Crippen LogP contribution in [0, 0.1) is 0 Å². The number of benzene rings is 2. The number of para-hydroxylation sites is 1. The van der Waals surface area contributed by atoms with Crippen molar-refractivity contribution in [2.75, 3.05) is 32.0 Å². The zero-order chi connectivity index (χ0) is 26.5. The minimum Gasteiger partial charge on any atom is -0.493 e. The first kappa shape index (κ1) is 26.5. The number of H-pyrrole nitrogens is 1. The molecule has 9 nitrogen and oxygen atoms in total. The molecule has 37 heavy (non-hydrogen) atoms. The number of hydrogen-bond donors (Lipinski definition) is 1. The molecule has 196 valence electrons. The zero-order valence-corrected chi connectivity index (χ0v) is 22.7. The maximum absolute atomic E-state index is 13.5. The van der Waals surface area contributed by atoms with Gasteiger partial charge in [0.05, 0.1) is 38.1 Å². The number of rotatable bonds is 10. The topological polar surface area (TPSA) is 97.6 Å². The molecule has 0 fully saturated rings. The molecular formula is C27H33N4O5S+. The van der Waals surface area contributed by atoms with Crippen LogP contribution in [0.2, 0.25) is 0 Å². The highest BCUT2D eigenvalue weighted by molar-refractivity contribution is 7.99. The molecule has 1 N–H and O–H groups in total. The standard InChI is InChI=1S/C27H32N4O5S/c1-6-7-8-11-16-37-27-28-25(33)22-18-12-9-10-13-20(18)30(17(2)32)26(31(22)29-27)19-14-15-21(34-3)24(36-5)23(19)35-4/h9-10,12-15,26H,6-8,11,16H2,1-5H3/p+1/t26-/m1/s1. The van der Waals surface area contributed by atoms with Crippen molar-refractivity contribution in [1.82, 2.24) is 10.1 Å². The van der Waals surface area contributed by atoms with Crippen LogP contribution in [0.1, 0.15) is 51.3 Å². The number of nitrogens with one attached hydrogen (secondary N) is 1. The highest BCUT2D eigenvalue weighted by atomic mass is 32.2. The van der Waals surface area contributed by atoms with E-state index in [1.54, 1.807) is 22.8 Å². The maximum atomic E-state index is 13.5. The van der Waals surface area contributed by atoms with Crippen molar-refractivity contribution < 1.29 is 23.7 Å². The van der Waals surface area contributed by atoms with Gasteiger partial charge < -0.3 is 14.2 Å². The number of methoxy groups -OCH3 is 3. The van der Waals surface area contributed by atoms with Crippen LogP contribution < -0.4 is 29.4 Å². The Morgan fingerprint density at radius 3 is 2.49 bits per heavy atom. The molecule has 0 saturated carbocycles. The third kappa shape index (κ3) is 5.02. The number of aromatic nitrogens is 3. The molecule has 2 aromatic carbocycles. The molecule has 2 heterocycles. The molecule has 0 unspecified atom stereocenters. The van der Waals surface area contributed by atoms with Gasteiger partial charge in [-0.15, -0.1) is 0 Å². The summed E-state index contributed by atoms with van der Waals surface area (Å²) in [6.45, 7) is 3.67. The predicted octanol–water partition coefficient (Wildman–Crippen LogP) is 4.34. The smallest absolute Gasteiger partial charge is 0.325 e. The maximum Gasteiger partial charge on any atom is 0.325 e. The van der Waals surface area contributed by atoms with E-state index in [0.29, 0.717) is 44.9 Å². The second kappa shape index (κ2) is 11.7. The first-order valence-electron chi connectivity index (χ1n) is 12.3. The van der Waals surface area contributed by atoms with Gasteiger partial charge >= 0.3 is 11.3 Å². The van der Waals surface area contributed by atoms with E-state index in [9.17, 15) is 9.59 Å². The SMILES string of the molecule is CCCCCCSc1n[n+]2c(c(=O)[nH]1)-c1ccccc1N(C(C)=O)[C@H]2c1ccc(OC)c(OC)c1OC. The van der Waals surface area contributed by atoms with Gasteiger partial charge in [-0.3, -0.25) is 14.6 Å². The molecule has 0 aliphatic carbocycles. The lowest BCUT2D eigenvalue weighted by atomic mass is 10.0. The summed E-state index contributed by atoms with van der Waals surface area (Å²) in [4.78, 5) is 31.3. The number of anilines is 1. The van der Waals surface area contributed by atoms with Crippen LogP contribution in [0.3, 0.4) is 0 Å². The zero-order valence-electron chi connectivity index (χ0n) is 21.9. The summed E-state index contributed by atoms with van der Waals surface area (Å²) in [5.74, 6) is 1.90. The van der Waals surface area contributed by atoms with Crippen molar-refractivity contribution in [3.05, 3.63) is 52.3 Å². The largest absolute Gasteiger partial charge is 0.493 e. The molecule has 4 rings (SSSR count). The average molecular weight is 526 g/mol. The average Bonchev–Trinajstić information content (AvgIpc) is 2.90. The van der Waals surface area contributed by atoms with Gasteiger partial charge in [-0.1, -0.05) is 50.1 Å². The summed E-state index contributed by atoms with van der Waals surface area (Å²) in [7, 11) is 4.61. The molecule has 1 amide bonds. The first-order valence-corrected chi connectivity index (χ1v) is 13.3. The van der Waals surface area contributed by atoms with E-state index >= 15 is 0 Å². The summed E-state index contributed by atoms with van der Waals surface area (Å²) in [5, 5.41) is 5.36. The number of hydrogen-bond acceptors (Lipinski definition) is 7. The molecule has 0 bridgehead atoms. The van der Waals surface area contributed by atoms with Crippen molar-refractivity contribution >= 4 is 23.4 Å². The van der Waals surface area contributed by atoms with Crippen LogP contribution in [0.25, 0.3) is 11.3 Å². The van der Waals surface area contributed by atoms with Crippen LogP contribution in [0.5, 0.6) is 17.2 Å². The summed E-state index contributed by atoms with van der Waals surface area (Å²) < 4.78 is 18.5. The fourth-order valence-corrected chi connectivity index (χ4v) is 5.54. The second-order valence-corrected chi connectivity index (χ2v) is 9.75. The number of unbranched alkanes of at least 4 members (excludes halogenated alkanes) is 3. The van der Waals surface area contributed by atoms with Gasteiger partial charge in [0, 0.05) is 17.8 Å². The summed E-state index contributed by atoms with van der Waals surface area (Å²) in [6, 6.07) is 10.9. The van der Waals surface area contributed by atoms with Gasteiger partial charge in [-0.2, -0.15) is 0 Å². The van der Waals surface area contributed by atoms with Crippen molar-refractivity contribution in [3.8, 4) is 28.5 Å². The molecule has 1 aliphatic heterocycles. The molecule has 0 radical (unpaired) electrons. The minimum absolute atomic E-state index is 0.205. The Hall–Kier alpha value is -3.53. The lowest BCUT2D eigenvalue weighted by Gasteiger charge is -2.32. The molecule has 0 saturated heterocycles. The first-order chi connectivity index (χ1) is 18.0. The van der Waals surface area contributed by atoms with Gasteiger partial charge in [0.25, 0.3) is 6.17 Å². The van der Waals surface area contributed by atoms with E-state index < -0.39 is 6.17 Å². The van der Waals surface area contributed by atoms with Gasteiger partial charge in [0.15, 0.2) is 11.5 Å². The normalized spacial score (nSPS) is 14.1. The van der Waals surface area contributed by atoms with E-state index in [0.717, 1.165) is 25.0 Å². The fraction of sp³-hybridized carbons (Fsp3) is 0.407. The van der Waals surface area contributed by atoms with E-state index in [1.807, 2.05) is 30.3 Å². The summed E-state index contributed by atoms with van der Waals surface area (Å²) in [6.07, 6.45) is 3.69. The highest BCUT2D eigenvalue weighted by Gasteiger charge is 2.46.